The first-order chi connectivity index (χ1) is 17.3. The van der Waals surface area contributed by atoms with E-state index >= 15 is 0 Å². The lowest BCUT2D eigenvalue weighted by molar-refractivity contribution is 0.306. The highest BCUT2D eigenvalue weighted by Gasteiger charge is 2.04. The molecule has 0 unspecified atom stereocenters. The van der Waals surface area contributed by atoms with Gasteiger partial charge >= 0.3 is 0 Å². The Hall–Kier alpha value is -2.68. The first-order valence-corrected chi connectivity index (χ1v) is 13.9. The molecule has 3 rings (SSSR count). The molecular weight excluding hydrogens is 428 g/mol. The van der Waals surface area contributed by atoms with Crippen LogP contribution in [0, 0.1) is 0 Å². The van der Waals surface area contributed by atoms with Crippen molar-refractivity contribution in [3.8, 4) is 17.1 Å². The standard InChI is InChI=1S/C32H44N2O/c1-3-5-7-9-10-11-13-14-27-16-18-28(19-17-27)26-35-31-22-20-30(21-23-31)32-33-24-29(25-34-32)15-12-8-6-4-2/h16-25H,3-15,26H2,1-2H3. The molecule has 0 saturated carbocycles. The lowest BCUT2D eigenvalue weighted by Gasteiger charge is -2.08. The van der Waals surface area contributed by atoms with Gasteiger partial charge in [0.1, 0.15) is 12.4 Å². The molecule has 3 aromatic rings. The zero-order chi connectivity index (χ0) is 24.6. The van der Waals surface area contributed by atoms with Gasteiger partial charge in [0.2, 0.25) is 0 Å². The number of ether oxygens (including phenoxy) is 1. The summed E-state index contributed by atoms with van der Waals surface area (Å²) < 4.78 is 6.01. The van der Waals surface area contributed by atoms with Gasteiger partial charge in [-0.05, 0) is 66.6 Å². The monoisotopic (exact) mass is 472 g/mol. The summed E-state index contributed by atoms with van der Waals surface area (Å²) in [5.74, 6) is 1.64. The van der Waals surface area contributed by atoms with Gasteiger partial charge in [0.05, 0.1) is 0 Å². The molecule has 2 aromatic carbocycles. The molecule has 3 nitrogen and oxygen atoms in total. The summed E-state index contributed by atoms with van der Waals surface area (Å²) in [6, 6.07) is 17.0. The molecule has 0 spiro atoms. The number of rotatable bonds is 17. The Morgan fingerprint density at radius 2 is 1.06 bits per heavy atom. The summed E-state index contributed by atoms with van der Waals surface area (Å²) in [4.78, 5) is 9.14. The van der Waals surface area contributed by atoms with Gasteiger partial charge in [0.25, 0.3) is 0 Å². The molecule has 0 fully saturated rings. The van der Waals surface area contributed by atoms with Gasteiger partial charge < -0.3 is 4.74 Å². The van der Waals surface area contributed by atoms with Crippen molar-refractivity contribution in [1.82, 2.24) is 9.97 Å². The molecule has 0 aliphatic heterocycles. The second-order valence-electron chi connectivity index (χ2n) is 9.73. The maximum absolute atomic E-state index is 6.01. The summed E-state index contributed by atoms with van der Waals surface area (Å²) in [7, 11) is 0. The van der Waals surface area contributed by atoms with Gasteiger partial charge in [-0.3, -0.25) is 0 Å². The maximum Gasteiger partial charge on any atom is 0.159 e. The maximum atomic E-state index is 6.01. The normalized spacial score (nSPS) is 11.0. The minimum Gasteiger partial charge on any atom is -0.489 e. The van der Waals surface area contributed by atoms with Crippen molar-refractivity contribution in [3.63, 3.8) is 0 Å². The number of hydrogen-bond donors (Lipinski definition) is 0. The fourth-order valence-electron chi connectivity index (χ4n) is 4.34. The van der Waals surface area contributed by atoms with Crippen LogP contribution in [0.5, 0.6) is 5.75 Å². The molecule has 3 heteroatoms. The Balaban J connectivity index is 1.38. The topological polar surface area (TPSA) is 35.0 Å². The van der Waals surface area contributed by atoms with Crippen LogP contribution in [0.25, 0.3) is 11.4 Å². The van der Waals surface area contributed by atoms with Gasteiger partial charge in [0, 0.05) is 18.0 Å². The van der Waals surface area contributed by atoms with Crippen LogP contribution in [0.15, 0.2) is 60.9 Å². The highest BCUT2D eigenvalue weighted by molar-refractivity contribution is 5.55. The second-order valence-corrected chi connectivity index (χ2v) is 9.73. The summed E-state index contributed by atoms with van der Waals surface area (Å²) in [5, 5.41) is 0. The van der Waals surface area contributed by atoms with Gasteiger partial charge in [0.15, 0.2) is 5.82 Å². The SMILES string of the molecule is CCCCCCCCCc1ccc(COc2ccc(-c3ncc(CCCCCC)cn3)cc2)cc1. The third-order valence-electron chi connectivity index (χ3n) is 6.63. The highest BCUT2D eigenvalue weighted by Crippen LogP contribution is 2.21. The number of unbranched alkanes of at least 4 members (excludes halogenated alkanes) is 9. The predicted molar refractivity (Wildman–Crippen MR) is 148 cm³/mol. The first kappa shape index (κ1) is 26.9. The van der Waals surface area contributed by atoms with Crippen LogP contribution in [0.1, 0.15) is 101 Å². The molecule has 0 radical (unpaired) electrons. The van der Waals surface area contributed by atoms with Crippen molar-refractivity contribution in [2.75, 3.05) is 0 Å². The van der Waals surface area contributed by atoms with Crippen molar-refractivity contribution in [1.29, 1.82) is 0 Å². The fraction of sp³-hybridized carbons (Fsp3) is 0.500. The van der Waals surface area contributed by atoms with E-state index in [1.807, 2.05) is 36.7 Å². The smallest absolute Gasteiger partial charge is 0.159 e. The van der Waals surface area contributed by atoms with E-state index < -0.39 is 0 Å². The molecule has 188 valence electrons. The van der Waals surface area contributed by atoms with E-state index in [1.54, 1.807) is 0 Å². The van der Waals surface area contributed by atoms with Crippen LogP contribution in [-0.4, -0.2) is 9.97 Å². The van der Waals surface area contributed by atoms with Crippen molar-refractivity contribution in [2.24, 2.45) is 0 Å². The van der Waals surface area contributed by atoms with E-state index in [0.29, 0.717) is 6.61 Å². The van der Waals surface area contributed by atoms with Gasteiger partial charge in [-0.25, -0.2) is 9.97 Å². The largest absolute Gasteiger partial charge is 0.489 e. The van der Waals surface area contributed by atoms with Crippen LogP contribution in [0.4, 0.5) is 0 Å². The molecule has 35 heavy (non-hydrogen) atoms. The van der Waals surface area contributed by atoms with Gasteiger partial charge in [-0.15, -0.1) is 0 Å². The van der Waals surface area contributed by atoms with E-state index in [9.17, 15) is 0 Å². The van der Waals surface area contributed by atoms with Gasteiger partial charge in [-0.2, -0.15) is 0 Å². The molecule has 1 heterocycles. The number of nitrogens with zero attached hydrogens (tertiary/aromatic N) is 2. The predicted octanol–water partition coefficient (Wildman–Crippen LogP) is 9.14. The highest BCUT2D eigenvalue weighted by atomic mass is 16.5. The summed E-state index contributed by atoms with van der Waals surface area (Å²) in [5.41, 5.74) is 4.87. The molecule has 0 N–H and O–H groups in total. The number of benzene rings is 2. The lowest BCUT2D eigenvalue weighted by atomic mass is 10.0. The number of aromatic nitrogens is 2. The molecule has 0 aliphatic carbocycles. The van der Waals surface area contributed by atoms with Crippen LogP contribution >= 0.6 is 0 Å². The average Bonchev–Trinajstić information content (AvgIpc) is 2.91. The molecule has 0 bridgehead atoms. The summed E-state index contributed by atoms with van der Waals surface area (Å²) in [6.45, 7) is 5.10. The van der Waals surface area contributed by atoms with Crippen LogP contribution in [0.3, 0.4) is 0 Å². The zero-order valence-electron chi connectivity index (χ0n) is 22.0. The molecule has 1 aromatic heterocycles. The van der Waals surface area contributed by atoms with E-state index in [1.165, 1.54) is 93.7 Å². The second kappa shape index (κ2) is 16.1. The van der Waals surface area contributed by atoms with Crippen molar-refractivity contribution in [3.05, 3.63) is 77.6 Å². The Labute approximate surface area is 213 Å². The average molecular weight is 473 g/mol. The van der Waals surface area contributed by atoms with Crippen LogP contribution in [-0.2, 0) is 19.4 Å². The van der Waals surface area contributed by atoms with Crippen molar-refractivity contribution >= 4 is 0 Å². The third kappa shape index (κ3) is 10.2. The molecular formula is C32H44N2O. The quantitative estimate of drug-likeness (QED) is 0.184. The Morgan fingerprint density at radius 1 is 0.543 bits per heavy atom. The number of hydrogen-bond acceptors (Lipinski definition) is 3. The van der Waals surface area contributed by atoms with E-state index in [2.05, 4.69) is 48.1 Å². The minimum absolute atomic E-state index is 0.584. The number of aryl methyl sites for hydroxylation is 2. The summed E-state index contributed by atoms with van der Waals surface area (Å²) >= 11 is 0. The zero-order valence-corrected chi connectivity index (χ0v) is 22.0. The molecule has 0 saturated heterocycles. The molecule has 0 amide bonds. The van der Waals surface area contributed by atoms with E-state index in [-0.39, 0.29) is 0 Å². The van der Waals surface area contributed by atoms with Crippen molar-refractivity contribution in [2.45, 2.75) is 104 Å². The molecule has 0 aliphatic rings. The first-order valence-electron chi connectivity index (χ1n) is 13.9. The lowest BCUT2D eigenvalue weighted by Crippen LogP contribution is -1.96. The fourth-order valence-corrected chi connectivity index (χ4v) is 4.34. The Bertz CT molecular complexity index is 933. The Kier molecular flexibility index (Phi) is 12.4. The van der Waals surface area contributed by atoms with E-state index in [0.717, 1.165) is 23.6 Å². The Morgan fingerprint density at radius 3 is 1.69 bits per heavy atom. The van der Waals surface area contributed by atoms with E-state index in [4.69, 9.17) is 4.74 Å². The summed E-state index contributed by atoms with van der Waals surface area (Å²) in [6.07, 6.45) is 20.8. The van der Waals surface area contributed by atoms with Gasteiger partial charge in [-0.1, -0.05) is 95.9 Å². The minimum atomic E-state index is 0.584. The third-order valence-corrected chi connectivity index (χ3v) is 6.63. The van der Waals surface area contributed by atoms with Crippen LogP contribution in [0.2, 0.25) is 0 Å². The van der Waals surface area contributed by atoms with Crippen molar-refractivity contribution < 1.29 is 4.74 Å². The molecule has 0 atom stereocenters. The van der Waals surface area contributed by atoms with Crippen LogP contribution < -0.4 is 4.74 Å².